The van der Waals surface area contributed by atoms with Gasteiger partial charge in [-0.15, -0.1) is 12.4 Å². The van der Waals surface area contributed by atoms with E-state index in [0.717, 1.165) is 0 Å². The third kappa shape index (κ3) is 6.13. The Labute approximate surface area is 118 Å². The van der Waals surface area contributed by atoms with Crippen molar-refractivity contribution >= 4 is 30.1 Å². The van der Waals surface area contributed by atoms with Gasteiger partial charge >= 0.3 is 5.51 Å². The van der Waals surface area contributed by atoms with Crippen LogP contribution in [-0.2, 0) is 0 Å². The molecule has 4 nitrogen and oxygen atoms in total. The van der Waals surface area contributed by atoms with E-state index in [1.807, 2.05) is 0 Å². The molecule has 19 heavy (non-hydrogen) atoms. The van der Waals surface area contributed by atoms with Crippen LogP contribution in [0.5, 0.6) is 0 Å². The van der Waals surface area contributed by atoms with E-state index in [4.69, 9.17) is 5.73 Å². The van der Waals surface area contributed by atoms with E-state index < -0.39 is 23.2 Å². The maximum Gasteiger partial charge on any atom is 0.447 e. The highest BCUT2D eigenvalue weighted by Crippen LogP contribution is 2.37. The van der Waals surface area contributed by atoms with Crippen LogP contribution in [0.1, 0.15) is 17.3 Å². The van der Waals surface area contributed by atoms with Gasteiger partial charge in [-0.2, -0.15) is 13.2 Å². The Kier molecular flexibility index (Phi) is 7.17. The molecule has 0 bridgehead atoms. The SMILES string of the molecule is C[C@@H](CN)NC(=O)c1cccnc1SC(F)(F)F.Cl. The number of hydrogen-bond donors (Lipinski definition) is 2. The summed E-state index contributed by atoms with van der Waals surface area (Å²) in [6.45, 7) is 1.86. The number of carbonyl (C=O) groups is 1. The maximum atomic E-state index is 12.3. The number of amides is 1. The van der Waals surface area contributed by atoms with E-state index in [1.54, 1.807) is 6.92 Å². The lowest BCUT2D eigenvalue weighted by Crippen LogP contribution is -2.38. The molecule has 1 atom stereocenters. The molecule has 108 valence electrons. The average molecular weight is 316 g/mol. The Bertz CT molecular complexity index is 431. The number of rotatable bonds is 4. The first-order valence-electron chi connectivity index (χ1n) is 5.05. The number of pyridine rings is 1. The summed E-state index contributed by atoms with van der Waals surface area (Å²) in [5, 5.41) is 2.12. The summed E-state index contributed by atoms with van der Waals surface area (Å²) in [4.78, 5) is 15.3. The van der Waals surface area contributed by atoms with Crippen molar-refractivity contribution in [2.75, 3.05) is 6.54 Å². The fraction of sp³-hybridized carbons (Fsp3) is 0.400. The van der Waals surface area contributed by atoms with Gasteiger partial charge in [-0.3, -0.25) is 4.79 Å². The number of halogens is 4. The first-order chi connectivity index (χ1) is 8.33. The summed E-state index contributed by atoms with van der Waals surface area (Å²) >= 11 is -0.413. The number of alkyl halides is 3. The molecule has 0 aliphatic heterocycles. The van der Waals surface area contributed by atoms with Gasteiger partial charge in [-0.1, -0.05) is 0 Å². The van der Waals surface area contributed by atoms with Gasteiger partial charge in [0.15, 0.2) is 0 Å². The number of carbonyl (C=O) groups excluding carboxylic acids is 1. The van der Waals surface area contributed by atoms with Crippen LogP contribution in [0.3, 0.4) is 0 Å². The minimum Gasteiger partial charge on any atom is -0.348 e. The molecule has 0 unspecified atom stereocenters. The van der Waals surface area contributed by atoms with Gasteiger partial charge < -0.3 is 11.1 Å². The zero-order valence-corrected chi connectivity index (χ0v) is 11.5. The second-order valence-corrected chi connectivity index (χ2v) is 4.57. The number of nitrogens with one attached hydrogen (secondary N) is 1. The van der Waals surface area contributed by atoms with Crippen molar-refractivity contribution in [1.82, 2.24) is 10.3 Å². The lowest BCUT2D eigenvalue weighted by atomic mass is 10.2. The van der Waals surface area contributed by atoms with Crippen molar-refractivity contribution in [3.05, 3.63) is 23.9 Å². The molecular weight excluding hydrogens is 303 g/mol. The Morgan fingerprint density at radius 1 is 1.58 bits per heavy atom. The first-order valence-corrected chi connectivity index (χ1v) is 5.87. The third-order valence-corrected chi connectivity index (χ3v) is 2.71. The molecule has 0 aliphatic carbocycles. The van der Waals surface area contributed by atoms with E-state index in [2.05, 4.69) is 10.3 Å². The molecular formula is C10H13ClF3N3OS. The monoisotopic (exact) mass is 315 g/mol. The van der Waals surface area contributed by atoms with Gasteiger partial charge in [-0.25, -0.2) is 4.98 Å². The largest absolute Gasteiger partial charge is 0.447 e. The van der Waals surface area contributed by atoms with Crippen LogP contribution < -0.4 is 11.1 Å². The molecule has 0 aliphatic rings. The molecule has 0 radical (unpaired) electrons. The molecule has 1 aromatic heterocycles. The molecule has 0 aromatic carbocycles. The zero-order valence-electron chi connectivity index (χ0n) is 9.90. The lowest BCUT2D eigenvalue weighted by molar-refractivity contribution is -0.0329. The Hall–Kier alpha value is -0.990. The molecule has 1 heterocycles. The van der Waals surface area contributed by atoms with Crippen molar-refractivity contribution in [3.63, 3.8) is 0 Å². The summed E-state index contributed by atoms with van der Waals surface area (Å²) < 4.78 is 36.9. The number of thioether (sulfide) groups is 1. The van der Waals surface area contributed by atoms with Crippen molar-refractivity contribution in [1.29, 1.82) is 0 Å². The number of nitrogens with two attached hydrogens (primary N) is 1. The quantitative estimate of drug-likeness (QED) is 0.836. The normalized spacial score (nSPS) is 12.5. The minimum atomic E-state index is -4.48. The van der Waals surface area contributed by atoms with Crippen LogP contribution in [0.4, 0.5) is 13.2 Å². The van der Waals surface area contributed by atoms with Crippen LogP contribution in [0, 0.1) is 0 Å². The predicted octanol–water partition coefficient (Wildman–Crippen LogP) is 2.19. The van der Waals surface area contributed by atoms with E-state index in [9.17, 15) is 18.0 Å². The van der Waals surface area contributed by atoms with Gasteiger partial charge in [0.25, 0.3) is 5.91 Å². The van der Waals surface area contributed by atoms with Crippen LogP contribution in [0.25, 0.3) is 0 Å². The Morgan fingerprint density at radius 2 is 2.21 bits per heavy atom. The van der Waals surface area contributed by atoms with Gasteiger partial charge in [0, 0.05) is 30.5 Å². The summed E-state index contributed by atoms with van der Waals surface area (Å²) in [6, 6.07) is 2.38. The van der Waals surface area contributed by atoms with Gasteiger partial charge in [0.2, 0.25) is 0 Å². The first kappa shape index (κ1) is 18.0. The number of hydrogen-bond acceptors (Lipinski definition) is 4. The third-order valence-electron chi connectivity index (χ3n) is 1.96. The molecule has 0 saturated heterocycles. The molecule has 3 N–H and O–H groups in total. The van der Waals surface area contributed by atoms with Gasteiger partial charge in [0.05, 0.1) is 5.56 Å². The standard InChI is InChI=1S/C10H12F3N3OS.ClH/c1-6(5-14)16-8(17)7-3-2-4-15-9(7)18-10(11,12)13;/h2-4,6H,5,14H2,1H3,(H,16,17);1H/t6-;/m0./s1. The molecule has 1 rings (SSSR count). The zero-order chi connectivity index (χ0) is 13.8. The van der Waals surface area contributed by atoms with Crippen molar-refractivity contribution in [2.24, 2.45) is 5.73 Å². The molecule has 0 fully saturated rings. The highest BCUT2D eigenvalue weighted by Gasteiger charge is 2.32. The van der Waals surface area contributed by atoms with Gasteiger partial charge in [0.1, 0.15) is 5.03 Å². The fourth-order valence-corrected chi connectivity index (χ4v) is 1.72. The van der Waals surface area contributed by atoms with Crippen molar-refractivity contribution in [3.8, 4) is 0 Å². The van der Waals surface area contributed by atoms with E-state index in [-0.39, 0.29) is 35.6 Å². The molecule has 1 amide bonds. The highest BCUT2D eigenvalue weighted by molar-refractivity contribution is 8.00. The minimum absolute atomic E-state index is 0. The van der Waals surface area contributed by atoms with E-state index in [1.165, 1.54) is 18.3 Å². The smallest absolute Gasteiger partial charge is 0.348 e. The van der Waals surface area contributed by atoms with Crippen molar-refractivity contribution in [2.45, 2.75) is 23.5 Å². The van der Waals surface area contributed by atoms with E-state index >= 15 is 0 Å². The maximum absolute atomic E-state index is 12.3. The average Bonchev–Trinajstić information content (AvgIpc) is 2.27. The molecule has 0 saturated carbocycles. The topological polar surface area (TPSA) is 68.0 Å². The van der Waals surface area contributed by atoms with Crippen LogP contribution in [0.2, 0.25) is 0 Å². The van der Waals surface area contributed by atoms with E-state index in [0.29, 0.717) is 0 Å². The second-order valence-electron chi connectivity index (χ2n) is 3.51. The number of nitrogens with zero attached hydrogens (tertiary/aromatic N) is 1. The number of aromatic nitrogens is 1. The Morgan fingerprint density at radius 3 is 2.74 bits per heavy atom. The summed E-state index contributed by atoms with van der Waals surface area (Å²) in [5.74, 6) is -0.618. The van der Waals surface area contributed by atoms with Gasteiger partial charge in [-0.05, 0) is 19.1 Å². The predicted molar refractivity (Wildman–Crippen MR) is 69.4 cm³/mol. The summed E-state index contributed by atoms with van der Waals surface area (Å²) in [6.07, 6.45) is 1.21. The lowest BCUT2D eigenvalue weighted by Gasteiger charge is -2.13. The van der Waals surface area contributed by atoms with Crippen LogP contribution in [0.15, 0.2) is 23.4 Å². The molecule has 1 aromatic rings. The summed E-state index contributed by atoms with van der Waals surface area (Å²) in [5.41, 5.74) is 0.728. The second kappa shape index (κ2) is 7.56. The summed E-state index contributed by atoms with van der Waals surface area (Å²) in [7, 11) is 0. The highest BCUT2D eigenvalue weighted by atomic mass is 35.5. The molecule has 0 spiro atoms. The van der Waals surface area contributed by atoms with Crippen LogP contribution in [-0.4, -0.2) is 29.0 Å². The van der Waals surface area contributed by atoms with Crippen molar-refractivity contribution < 1.29 is 18.0 Å². The molecule has 9 heteroatoms. The Balaban J connectivity index is 0.00000324. The van der Waals surface area contributed by atoms with Crippen LogP contribution >= 0.6 is 24.2 Å². The fourth-order valence-electron chi connectivity index (χ4n) is 1.12.